The molecule has 0 unspecified atom stereocenters. The van der Waals surface area contributed by atoms with Gasteiger partial charge < -0.3 is 10.1 Å². The lowest BCUT2D eigenvalue weighted by molar-refractivity contribution is 0.102. The van der Waals surface area contributed by atoms with Gasteiger partial charge in [-0.2, -0.15) is 4.31 Å². The van der Waals surface area contributed by atoms with Gasteiger partial charge in [0.2, 0.25) is 10.0 Å². The lowest BCUT2D eigenvalue weighted by atomic mass is 10.0. The molecule has 6 nitrogen and oxygen atoms in total. The van der Waals surface area contributed by atoms with E-state index in [-0.39, 0.29) is 12.5 Å². The molecular formula is C24H23BrN2O4S. The highest BCUT2D eigenvalue weighted by molar-refractivity contribution is 9.10. The number of hydrogen-bond acceptors (Lipinski definition) is 4. The number of carbonyl (C=O) groups is 1. The fourth-order valence-corrected chi connectivity index (χ4v) is 5.52. The molecule has 32 heavy (non-hydrogen) atoms. The zero-order chi connectivity index (χ0) is 22.9. The molecule has 0 atom stereocenters. The summed E-state index contributed by atoms with van der Waals surface area (Å²) in [5.41, 5.74) is 4.04. The van der Waals surface area contributed by atoms with Crippen LogP contribution in [0.5, 0.6) is 5.75 Å². The third-order valence-corrected chi connectivity index (χ3v) is 8.07. The van der Waals surface area contributed by atoms with Gasteiger partial charge in [-0.1, -0.05) is 23.8 Å². The Balaban J connectivity index is 1.55. The maximum Gasteiger partial charge on any atom is 0.256 e. The first kappa shape index (κ1) is 22.5. The van der Waals surface area contributed by atoms with Gasteiger partial charge in [0.1, 0.15) is 5.75 Å². The minimum Gasteiger partial charge on any atom is -0.497 e. The van der Waals surface area contributed by atoms with Gasteiger partial charge in [0, 0.05) is 23.2 Å². The van der Waals surface area contributed by atoms with Crippen molar-refractivity contribution in [2.75, 3.05) is 19.0 Å². The summed E-state index contributed by atoms with van der Waals surface area (Å²) in [6, 6.07) is 17.7. The van der Waals surface area contributed by atoms with Crippen molar-refractivity contribution in [1.82, 2.24) is 4.31 Å². The van der Waals surface area contributed by atoms with Crippen LogP contribution in [0.2, 0.25) is 0 Å². The number of hydrogen-bond donors (Lipinski definition) is 1. The number of nitrogens with zero attached hydrogens (tertiary/aromatic N) is 1. The summed E-state index contributed by atoms with van der Waals surface area (Å²) < 4.78 is 33.5. The highest BCUT2D eigenvalue weighted by Gasteiger charge is 2.28. The van der Waals surface area contributed by atoms with Crippen LogP contribution < -0.4 is 10.1 Å². The van der Waals surface area contributed by atoms with Gasteiger partial charge in [-0.3, -0.25) is 4.79 Å². The van der Waals surface area contributed by atoms with Crippen LogP contribution in [0.4, 0.5) is 5.69 Å². The number of ether oxygens (including phenoxy) is 1. The van der Waals surface area contributed by atoms with E-state index < -0.39 is 10.0 Å². The number of methoxy groups -OCH3 is 1. The average Bonchev–Trinajstić information content (AvgIpc) is 2.79. The molecule has 0 aliphatic carbocycles. The van der Waals surface area contributed by atoms with Gasteiger partial charge in [0.15, 0.2) is 0 Å². The van der Waals surface area contributed by atoms with Crippen molar-refractivity contribution in [3.8, 4) is 5.75 Å². The quantitative estimate of drug-likeness (QED) is 0.532. The molecule has 0 saturated heterocycles. The molecule has 0 aromatic heterocycles. The Morgan fingerprint density at radius 3 is 2.50 bits per heavy atom. The predicted octanol–water partition coefficient (Wildman–Crippen LogP) is 4.77. The first-order chi connectivity index (χ1) is 15.3. The van der Waals surface area contributed by atoms with E-state index in [0.717, 1.165) is 16.7 Å². The Bertz CT molecular complexity index is 1270. The van der Waals surface area contributed by atoms with Crippen molar-refractivity contribution in [3.63, 3.8) is 0 Å². The average molecular weight is 515 g/mol. The largest absolute Gasteiger partial charge is 0.497 e. The van der Waals surface area contributed by atoms with Crippen LogP contribution in [0.15, 0.2) is 70.0 Å². The van der Waals surface area contributed by atoms with Crippen molar-refractivity contribution in [2.24, 2.45) is 0 Å². The van der Waals surface area contributed by atoms with E-state index in [1.807, 2.05) is 25.1 Å². The summed E-state index contributed by atoms with van der Waals surface area (Å²) in [6.45, 7) is 2.61. The van der Waals surface area contributed by atoms with E-state index in [9.17, 15) is 13.2 Å². The number of anilines is 1. The summed E-state index contributed by atoms with van der Waals surface area (Å²) in [7, 11) is -2.04. The number of amides is 1. The zero-order valence-corrected chi connectivity index (χ0v) is 20.2. The molecule has 8 heteroatoms. The molecule has 3 aromatic rings. The molecule has 166 valence electrons. The van der Waals surface area contributed by atoms with Crippen molar-refractivity contribution in [3.05, 3.63) is 87.4 Å². The topological polar surface area (TPSA) is 75.7 Å². The molecular weight excluding hydrogens is 492 g/mol. The number of aryl methyl sites for hydroxylation is 1. The Hall–Kier alpha value is -2.68. The number of benzene rings is 3. The minimum atomic E-state index is -3.59. The van der Waals surface area contributed by atoms with E-state index in [1.165, 1.54) is 4.31 Å². The molecule has 1 N–H and O–H groups in total. The maximum absolute atomic E-state index is 13.1. The summed E-state index contributed by atoms with van der Waals surface area (Å²) in [6.07, 6.45) is 0.621. The zero-order valence-electron chi connectivity index (χ0n) is 17.8. The Labute approximate surface area is 196 Å². The standard InChI is InChI=1S/C24H23BrN2O4S/c1-16-3-8-21(9-4-16)32(29,30)27-12-11-17-5-6-19(13-18(17)15-27)26-24(28)22-14-20(31-2)7-10-23(22)25/h3-10,13-14H,11-12,15H2,1-2H3,(H,26,28). The molecule has 1 amide bonds. The second kappa shape index (κ2) is 9.05. The highest BCUT2D eigenvalue weighted by Crippen LogP contribution is 2.28. The molecule has 0 saturated carbocycles. The fraction of sp³-hybridized carbons (Fsp3) is 0.208. The molecule has 4 rings (SSSR count). The fourth-order valence-electron chi connectivity index (χ4n) is 3.68. The predicted molar refractivity (Wildman–Crippen MR) is 128 cm³/mol. The lowest BCUT2D eigenvalue weighted by Crippen LogP contribution is -2.36. The molecule has 0 radical (unpaired) electrons. The van der Waals surface area contributed by atoms with E-state index >= 15 is 0 Å². The highest BCUT2D eigenvalue weighted by atomic mass is 79.9. The van der Waals surface area contributed by atoms with Crippen molar-refractivity contribution in [2.45, 2.75) is 24.8 Å². The third-order valence-electron chi connectivity index (χ3n) is 5.52. The van der Waals surface area contributed by atoms with Crippen molar-refractivity contribution >= 4 is 37.5 Å². The first-order valence-corrected chi connectivity index (χ1v) is 12.3. The third kappa shape index (κ3) is 4.57. The second-order valence-corrected chi connectivity index (χ2v) is 10.5. The van der Waals surface area contributed by atoms with Gasteiger partial charge in [-0.15, -0.1) is 0 Å². The molecule has 3 aromatic carbocycles. The van der Waals surface area contributed by atoms with Gasteiger partial charge in [0.25, 0.3) is 5.91 Å². The summed E-state index contributed by atoms with van der Waals surface area (Å²) in [5, 5.41) is 2.90. The molecule has 0 spiro atoms. The molecule has 1 heterocycles. The van der Waals surface area contributed by atoms with Gasteiger partial charge in [-0.25, -0.2) is 8.42 Å². The minimum absolute atomic E-state index is 0.262. The van der Waals surface area contributed by atoms with Crippen LogP contribution in [-0.4, -0.2) is 32.3 Å². The van der Waals surface area contributed by atoms with Crippen LogP contribution in [0, 0.1) is 6.92 Å². The number of halogens is 1. The molecule has 0 bridgehead atoms. The summed E-state index contributed by atoms with van der Waals surface area (Å²) >= 11 is 3.40. The number of rotatable bonds is 5. The SMILES string of the molecule is COc1ccc(Br)c(C(=O)Nc2ccc3c(c2)CN(S(=O)(=O)c2ccc(C)cc2)CC3)c1. The Morgan fingerprint density at radius 1 is 1.03 bits per heavy atom. The van der Waals surface area contributed by atoms with E-state index in [4.69, 9.17) is 4.74 Å². The van der Waals surface area contributed by atoms with Gasteiger partial charge in [-0.05, 0) is 82.9 Å². The van der Waals surface area contributed by atoms with Crippen LogP contribution in [0.1, 0.15) is 27.0 Å². The Kier molecular flexibility index (Phi) is 6.37. The summed E-state index contributed by atoms with van der Waals surface area (Å²) in [5.74, 6) is 0.302. The van der Waals surface area contributed by atoms with Gasteiger partial charge >= 0.3 is 0 Å². The van der Waals surface area contributed by atoms with Gasteiger partial charge in [0.05, 0.1) is 17.6 Å². The van der Waals surface area contributed by atoms with Crippen LogP contribution >= 0.6 is 15.9 Å². The van der Waals surface area contributed by atoms with E-state index in [2.05, 4.69) is 21.2 Å². The normalized spacial score (nSPS) is 14.0. The monoisotopic (exact) mass is 514 g/mol. The second-order valence-electron chi connectivity index (χ2n) is 7.69. The number of fused-ring (bicyclic) bond motifs is 1. The molecule has 1 aliphatic heterocycles. The number of carbonyl (C=O) groups excluding carboxylic acids is 1. The van der Waals surface area contributed by atoms with Crippen molar-refractivity contribution in [1.29, 1.82) is 0 Å². The molecule has 1 aliphatic rings. The van der Waals surface area contributed by atoms with Crippen molar-refractivity contribution < 1.29 is 17.9 Å². The summed E-state index contributed by atoms with van der Waals surface area (Å²) in [4.78, 5) is 13.1. The van der Waals surface area contributed by atoms with Crippen LogP contribution in [-0.2, 0) is 23.0 Å². The van der Waals surface area contributed by atoms with E-state index in [0.29, 0.717) is 39.3 Å². The Morgan fingerprint density at radius 2 is 1.78 bits per heavy atom. The van der Waals surface area contributed by atoms with Crippen LogP contribution in [0.25, 0.3) is 0 Å². The maximum atomic E-state index is 13.1. The molecule has 0 fully saturated rings. The van der Waals surface area contributed by atoms with E-state index in [1.54, 1.807) is 49.6 Å². The lowest BCUT2D eigenvalue weighted by Gasteiger charge is -2.28. The number of nitrogens with one attached hydrogen (secondary N) is 1. The smallest absolute Gasteiger partial charge is 0.256 e. The first-order valence-electron chi connectivity index (χ1n) is 10.1. The number of sulfonamides is 1. The van der Waals surface area contributed by atoms with Crippen LogP contribution in [0.3, 0.4) is 0 Å².